The Balaban J connectivity index is 2.77. The molecule has 1 atom stereocenters. The lowest BCUT2D eigenvalue weighted by molar-refractivity contribution is -0.122. The van der Waals surface area contributed by atoms with Crippen LogP contribution in [0.5, 0.6) is 0 Å². The number of hydrogen-bond donors (Lipinski definition) is 2. The van der Waals surface area contributed by atoms with Crippen molar-refractivity contribution >= 4 is 11.6 Å². The van der Waals surface area contributed by atoms with Crippen molar-refractivity contribution in [3.8, 4) is 6.07 Å². The zero-order chi connectivity index (χ0) is 14.6. The molecule has 1 unspecified atom stereocenters. The van der Waals surface area contributed by atoms with Gasteiger partial charge in [-0.2, -0.15) is 5.26 Å². The summed E-state index contributed by atoms with van der Waals surface area (Å²) in [5.41, 5.74) is 0.297. The van der Waals surface area contributed by atoms with E-state index in [1.54, 1.807) is 6.92 Å². The van der Waals surface area contributed by atoms with Crippen LogP contribution in [0.25, 0.3) is 0 Å². The summed E-state index contributed by atoms with van der Waals surface area (Å²) in [6, 6.07) is 5.25. The summed E-state index contributed by atoms with van der Waals surface area (Å²) in [6.45, 7) is 7.33. The fourth-order valence-corrected chi connectivity index (χ4v) is 1.53. The standard InChI is InChI=1S/C14H18FN3O/c1-9(13(19)18-14(2,3)4)17-12-6-10(8-16)5-11(15)7-12/h5-7,9,17H,1-4H3,(H,18,19). The van der Waals surface area contributed by atoms with Gasteiger partial charge in [0, 0.05) is 11.2 Å². The monoisotopic (exact) mass is 263 g/mol. The molecule has 4 nitrogen and oxygen atoms in total. The Kier molecular flexibility index (Phi) is 4.49. The highest BCUT2D eigenvalue weighted by Gasteiger charge is 2.19. The Morgan fingerprint density at radius 1 is 1.37 bits per heavy atom. The van der Waals surface area contributed by atoms with Crippen molar-refractivity contribution in [1.82, 2.24) is 5.32 Å². The van der Waals surface area contributed by atoms with Crippen LogP contribution in [0.4, 0.5) is 10.1 Å². The van der Waals surface area contributed by atoms with E-state index in [4.69, 9.17) is 5.26 Å². The fourth-order valence-electron chi connectivity index (χ4n) is 1.53. The van der Waals surface area contributed by atoms with Crippen molar-refractivity contribution in [2.24, 2.45) is 0 Å². The van der Waals surface area contributed by atoms with Gasteiger partial charge >= 0.3 is 0 Å². The predicted octanol–water partition coefficient (Wildman–Crippen LogP) is 2.41. The lowest BCUT2D eigenvalue weighted by Gasteiger charge is -2.24. The van der Waals surface area contributed by atoms with Crippen LogP contribution < -0.4 is 10.6 Å². The lowest BCUT2D eigenvalue weighted by atomic mass is 10.1. The highest BCUT2D eigenvalue weighted by molar-refractivity contribution is 5.84. The molecule has 0 aliphatic carbocycles. The summed E-state index contributed by atoms with van der Waals surface area (Å²) < 4.78 is 13.2. The third kappa shape index (κ3) is 4.96. The van der Waals surface area contributed by atoms with Gasteiger partial charge in [0.1, 0.15) is 11.9 Å². The number of rotatable bonds is 3. The van der Waals surface area contributed by atoms with Gasteiger partial charge in [-0.15, -0.1) is 0 Å². The minimum absolute atomic E-state index is 0.185. The molecular weight excluding hydrogens is 245 g/mol. The highest BCUT2D eigenvalue weighted by Crippen LogP contribution is 2.14. The molecule has 1 rings (SSSR count). The zero-order valence-electron chi connectivity index (χ0n) is 11.5. The molecular formula is C14H18FN3O. The summed E-state index contributed by atoms with van der Waals surface area (Å²) in [7, 11) is 0. The molecule has 2 N–H and O–H groups in total. The number of nitriles is 1. The van der Waals surface area contributed by atoms with Gasteiger partial charge in [-0.25, -0.2) is 4.39 Å². The second-order valence-corrected chi connectivity index (χ2v) is 5.45. The Labute approximate surface area is 112 Å². The Morgan fingerprint density at radius 3 is 2.53 bits per heavy atom. The number of halogens is 1. The van der Waals surface area contributed by atoms with Crippen molar-refractivity contribution < 1.29 is 9.18 Å². The quantitative estimate of drug-likeness (QED) is 0.880. The van der Waals surface area contributed by atoms with Crippen LogP contribution in [-0.4, -0.2) is 17.5 Å². The normalized spacial score (nSPS) is 12.4. The molecule has 0 bridgehead atoms. The molecule has 1 aromatic carbocycles. The second kappa shape index (κ2) is 5.70. The van der Waals surface area contributed by atoms with Gasteiger partial charge in [0.05, 0.1) is 11.6 Å². The van der Waals surface area contributed by atoms with Gasteiger partial charge in [-0.3, -0.25) is 4.79 Å². The van der Waals surface area contributed by atoms with Crippen LogP contribution in [0.3, 0.4) is 0 Å². The molecule has 0 spiro atoms. The smallest absolute Gasteiger partial charge is 0.242 e. The van der Waals surface area contributed by atoms with Gasteiger partial charge in [0.15, 0.2) is 0 Å². The maximum absolute atomic E-state index is 13.2. The first-order valence-corrected chi connectivity index (χ1v) is 6.00. The SMILES string of the molecule is CC(Nc1cc(F)cc(C#N)c1)C(=O)NC(C)(C)C. The van der Waals surface area contributed by atoms with E-state index < -0.39 is 11.9 Å². The topological polar surface area (TPSA) is 64.9 Å². The number of benzene rings is 1. The largest absolute Gasteiger partial charge is 0.374 e. The molecule has 19 heavy (non-hydrogen) atoms. The second-order valence-electron chi connectivity index (χ2n) is 5.45. The van der Waals surface area contributed by atoms with E-state index in [1.165, 1.54) is 12.1 Å². The van der Waals surface area contributed by atoms with Crippen molar-refractivity contribution in [2.45, 2.75) is 39.3 Å². The lowest BCUT2D eigenvalue weighted by Crippen LogP contribution is -2.47. The molecule has 0 heterocycles. The average molecular weight is 263 g/mol. The molecule has 102 valence electrons. The van der Waals surface area contributed by atoms with Gasteiger partial charge < -0.3 is 10.6 Å². The van der Waals surface area contributed by atoms with E-state index >= 15 is 0 Å². The minimum atomic E-state index is -0.521. The molecule has 0 radical (unpaired) electrons. The van der Waals surface area contributed by atoms with Gasteiger partial charge in [0.25, 0.3) is 0 Å². The van der Waals surface area contributed by atoms with E-state index in [2.05, 4.69) is 10.6 Å². The Morgan fingerprint density at radius 2 is 2.00 bits per heavy atom. The van der Waals surface area contributed by atoms with E-state index in [1.807, 2.05) is 26.8 Å². The number of carbonyl (C=O) groups is 1. The van der Waals surface area contributed by atoms with E-state index in [0.717, 1.165) is 6.07 Å². The third-order valence-electron chi connectivity index (χ3n) is 2.30. The van der Waals surface area contributed by atoms with Crippen molar-refractivity contribution in [1.29, 1.82) is 5.26 Å². The molecule has 0 saturated heterocycles. The maximum atomic E-state index is 13.2. The molecule has 0 aromatic heterocycles. The molecule has 0 aliphatic heterocycles. The molecule has 0 fully saturated rings. The van der Waals surface area contributed by atoms with Gasteiger partial charge in [-0.1, -0.05) is 0 Å². The van der Waals surface area contributed by atoms with E-state index in [-0.39, 0.29) is 17.0 Å². The summed E-state index contributed by atoms with van der Waals surface area (Å²) in [6.07, 6.45) is 0. The summed E-state index contributed by atoms with van der Waals surface area (Å²) in [5.74, 6) is -0.694. The number of nitrogens with zero attached hydrogens (tertiary/aromatic N) is 1. The average Bonchev–Trinajstić information content (AvgIpc) is 2.25. The number of amides is 1. The number of hydrogen-bond acceptors (Lipinski definition) is 3. The summed E-state index contributed by atoms with van der Waals surface area (Å²) in [5, 5.41) is 14.5. The molecule has 1 aromatic rings. The van der Waals surface area contributed by atoms with Gasteiger partial charge in [-0.05, 0) is 45.9 Å². The fraction of sp³-hybridized carbons (Fsp3) is 0.429. The number of carbonyl (C=O) groups excluding carboxylic acids is 1. The van der Waals surface area contributed by atoms with Gasteiger partial charge in [0.2, 0.25) is 5.91 Å². The first-order valence-electron chi connectivity index (χ1n) is 6.00. The van der Waals surface area contributed by atoms with Crippen LogP contribution in [0.2, 0.25) is 0 Å². The third-order valence-corrected chi connectivity index (χ3v) is 2.30. The van der Waals surface area contributed by atoms with Crippen molar-refractivity contribution in [3.05, 3.63) is 29.6 Å². The van der Waals surface area contributed by atoms with Crippen molar-refractivity contribution in [2.75, 3.05) is 5.32 Å². The molecule has 0 aliphatic rings. The predicted molar refractivity (Wildman–Crippen MR) is 72.1 cm³/mol. The van der Waals surface area contributed by atoms with E-state index in [0.29, 0.717) is 5.69 Å². The Bertz CT molecular complexity index is 514. The first-order chi connectivity index (χ1) is 8.71. The summed E-state index contributed by atoms with van der Waals surface area (Å²) in [4.78, 5) is 11.9. The zero-order valence-corrected chi connectivity index (χ0v) is 11.5. The summed E-state index contributed by atoms with van der Waals surface area (Å²) >= 11 is 0. The molecule has 5 heteroatoms. The Hall–Kier alpha value is -2.09. The van der Waals surface area contributed by atoms with Crippen LogP contribution in [-0.2, 0) is 4.79 Å². The highest BCUT2D eigenvalue weighted by atomic mass is 19.1. The van der Waals surface area contributed by atoms with Crippen LogP contribution in [0, 0.1) is 17.1 Å². The number of anilines is 1. The first kappa shape index (κ1) is 15.0. The minimum Gasteiger partial charge on any atom is -0.374 e. The molecule has 1 amide bonds. The molecule has 0 saturated carbocycles. The van der Waals surface area contributed by atoms with Crippen LogP contribution in [0.15, 0.2) is 18.2 Å². The van der Waals surface area contributed by atoms with Crippen LogP contribution >= 0.6 is 0 Å². The van der Waals surface area contributed by atoms with Crippen LogP contribution in [0.1, 0.15) is 33.3 Å². The number of nitrogens with one attached hydrogen (secondary N) is 2. The van der Waals surface area contributed by atoms with Crippen molar-refractivity contribution in [3.63, 3.8) is 0 Å². The maximum Gasteiger partial charge on any atom is 0.242 e. The van der Waals surface area contributed by atoms with E-state index in [9.17, 15) is 9.18 Å².